The van der Waals surface area contributed by atoms with Crippen molar-refractivity contribution >= 4 is 33.4 Å². The third-order valence-electron chi connectivity index (χ3n) is 5.26. The highest BCUT2D eigenvalue weighted by Gasteiger charge is 2.32. The standard InChI is InChI=1S/C19H27N5OS/c1-12(2)9-14-11-26-18-16(14)17(21-13(3)22-18)23-7-4-5-15(10-23)24-8-6-20-19(24)25/h11-12,15H,4-10H2,1-3H3,(H,20,25). The Morgan fingerprint density at radius 2 is 2.19 bits per heavy atom. The predicted octanol–water partition coefficient (Wildman–Crippen LogP) is 3.19. The second-order valence-corrected chi connectivity index (χ2v) is 8.66. The molecule has 0 radical (unpaired) electrons. The van der Waals surface area contributed by atoms with Crippen LogP contribution >= 0.6 is 11.3 Å². The Labute approximate surface area is 158 Å². The van der Waals surface area contributed by atoms with Crippen molar-refractivity contribution in [2.24, 2.45) is 5.92 Å². The quantitative estimate of drug-likeness (QED) is 0.894. The number of aryl methyl sites for hydroxylation is 1. The van der Waals surface area contributed by atoms with E-state index < -0.39 is 0 Å². The molecule has 2 aromatic rings. The number of piperidine rings is 1. The first-order valence-electron chi connectivity index (χ1n) is 9.57. The monoisotopic (exact) mass is 373 g/mol. The Bertz CT molecular complexity index is 818. The molecule has 1 N–H and O–H groups in total. The van der Waals surface area contributed by atoms with Gasteiger partial charge in [-0.1, -0.05) is 13.8 Å². The fourth-order valence-corrected chi connectivity index (χ4v) is 5.13. The maximum Gasteiger partial charge on any atom is 0.317 e. The molecule has 1 unspecified atom stereocenters. The van der Waals surface area contributed by atoms with Crippen LogP contribution in [0.1, 0.15) is 38.1 Å². The molecule has 0 spiro atoms. The zero-order chi connectivity index (χ0) is 18.3. The summed E-state index contributed by atoms with van der Waals surface area (Å²) >= 11 is 1.72. The van der Waals surface area contributed by atoms with E-state index in [-0.39, 0.29) is 12.1 Å². The lowest BCUT2D eigenvalue weighted by Gasteiger charge is -2.38. The van der Waals surface area contributed by atoms with Gasteiger partial charge in [-0.05, 0) is 43.0 Å². The predicted molar refractivity (Wildman–Crippen MR) is 106 cm³/mol. The fraction of sp³-hybridized carbons (Fsp3) is 0.632. The molecule has 2 saturated heterocycles. The molecule has 0 bridgehead atoms. The Kier molecular flexibility index (Phi) is 4.73. The number of anilines is 1. The number of amides is 2. The number of carbonyl (C=O) groups excluding carboxylic acids is 1. The number of hydrogen-bond donors (Lipinski definition) is 1. The normalized spacial score (nSPS) is 21.1. The summed E-state index contributed by atoms with van der Waals surface area (Å²) in [6.07, 6.45) is 3.20. The largest absolute Gasteiger partial charge is 0.354 e. The third-order valence-corrected chi connectivity index (χ3v) is 6.18. The number of rotatable bonds is 4. The van der Waals surface area contributed by atoms with Crippen molar-refractivity contribution < 1.29 is 4.79 Å². The molecule has 140 valence electrons. The molecule has 2 fully saturated rings. The zero-order valence-corrected chi connectivity index (χ0v) is 16.6. The molecular formula is C19H27N5OS. The smallest absolute Gasteiger partial charge is 0.317 e. The Morgan fingerprint density at radius 1 is 1.35 bits per heavy atom. The minimum Gasteiger partial charge on any atom is -0.354 e. The first-order valence-corrected chi connectivity index (χ1v) is 10.4. The molecule has 0 aliphatic carbocycles. The van der Waals surface area contributed by atoms with E-state index in [0.717, 1.165) is 61.9 Å². The Balaban J connectivity index is 1.68. The van der Waals surface area contributed by atoms with Gasteiger partial charge in [-0.3, -0.25) is 0 Å². The molecule has 2 amide bonds. The highest BCUT2D eigenvalue weighted by atomic mass is 32.1. The maximum absolute atomic E-state index is 12.1. The molecule has 4 rings (SSSR count). The minimum atomic E-state index is 0.0805. The SMILES string of the molecule is Cc1nc(N2CCCC(N3CCNC3=O)C2)c2c(CC(C)C)csc2n1. The van der Waals surface area contributed by atoms with Crippen molar-refractivity contribution in [2.75, 3.05) is 31.1 Å². The lowest BCUT2D eigenvalue weighted by molar-refractivity contribution is 0.189. The Morgan fingerprint density at radius 3 is 2.92 bits per heavy atom. The number of thiophene rings is 1. The van der Waals surface area contributed by atoms with E-state index in [1.165, 1.54) is 10.9 Å². The Hall–Kier alpha value is -1.89. The van der Waals surface area contributed by atoms with Crippen LogP contribution in [-0.2, 0) is 6.42 Å². The number of nitrogens with zero attached hydrogens (tertiary/aromatic N) is 4. The average molecular weight is 374 g/mol. The fourth-order valence-electron chi connectivity index (χ4n) is 4.14. The van der Waals surface area contributed by atoms with E-state index in [1.54, 1.807) is 11.3 Å². The van der Waals surface area contributed by atoms with Gasteiger partial charge in [0.05, 0.1) is 11.4 Å². The van der Waals surface area contributed by atoms with E-state index >= 15 is 0 Å². The molecule has 6 nitrogen and oxygen atoms in total. The number of aromatic nitrogens is 2. The first kappa shape index (κ1) is 17.5. The molecule has 4 heterocycles. The number of hydrogen-bond acceptors (Lipinski definition) is 5. The summed E-state index contributed by atoms with van der Waals surface area (Å²) < 4.78 is 0. The molecule has 0 aromatic carbocycles. The number of carbonyl (C=O) groups is 1. The molecule has 2 aliphatic rings. The van der Waals surface area contributed by atoms with Crippen molar-refractivity contribution in [2.45, 2.75) is 46.1 Å². The van der Waals surface area contributed by atoms with Gasteiger partial charge in [0.2, 0.25) is 0 Å². The van der Waals surface area contributed by atoms with Crippen LogP contribution in [0.5, 0.6) is 0 Å². The topological polar surface area (TPSA) is 61.4 Å². The van der Waals surface area contributed by atoms with Crippen LogP contribution in [0.3, 0.4) is 0 Å². The van der Waals surface area contributed by atoms with Gasteiger partial charge >= 0.3 is 6.03 Å². The van der Waals surface area contributed by atoms with E-state index in [9.17, 15) is 4.79 Å². The van der Waals surface area contributed by atoms with E-state index in [0.29, 0.717) is 5.92 Å². The average Bonchev–Trinajstić information content (AvgIpc) is 3.20. The zero-order valence-electron chi connectivity index (χ0n) is 15.8. The van der Waals surface area contributed by atoms with Gasteiger partial charge in [-0.25, -0.2) is 14.8 Å². The van der Waals surface area contributed by atoms with Gasteiger partial charge < -0.3 is 15.1 Å². The van der Waals surface area contributed by atoms with Gasteiger partial charge in [-0.15, -0.1) is 11.3 Å². The highest BCUT2D eigenvalue weighted by molar-refractivity contribution is 7.17. The second kappa shape index (κ2) is 7.02. The number of nitrogens with one attached hydrogen (secondary N) is 1. The summed E-state index contributed by atoms with van der Waals surface area (Å²) in [5.74, 6) is 2.49. The first-order chi connectivity index (χ1) is 12.5. The van der Waals surface area contributed by atoms with Crippen molar-refractivity contribution in [1.82, 2.24) is 20.2 Å². The molecule has 0 saturated carbocycles. The van der Waals surface area contributed by atoms with Crippen LogP contribution in [0.25, 0.3) is 10.2 Å². The lowest BCUT2D eigenvalue weighted by atomic mass is 10.0. The molecule has 1 atom stereocenters. The van der Waals surface area contributed by atoms with Gasteiger partial charge in [0, 0.05) is 26.2 Å². The van der Waals surface area contributed by atoms with Crippen molar-refractivity contribution in [3.63, 3.8) is 0 Å². The molecular weight excluding hydrogens is 346 g/mol. The van der Waals surface area contributed by atoms with Gasteiger partial charge in [0.15, 0.2) is 0 Å². The van der Waals surface area contributed by atoms with Crippen molar-refractivity contribution in [1.29, 1.82) is 0 Å². The van der Waals surface area contributed by atoms with Crippen molar-refractivity contribution in [3.05, 3.63) is 16.8 Å². The minimum absolute atomic E-state index is 0.0805. The summed E-state index contributed by atoms with van der Waals surface area (Å²) in [5.41, 5.74) is 1.36. The summed E-state index contributed by atoms with van der Waals surface area (Å²) in [5, 5.41) is 6.40. The van der Waals surface area contributed by atoms with Crippen LogP contribution < -0.4 is 10.2 Å². The number of fused-ring (bicyclic) bond motifs is 1. The van der Waals surface area contributed by atoms with Gasteiger partial charge in [-0.2, -0.15) is 0 Å². The van der Waals surface area contributed by atoms with Gasteiger partial charge in [0.25, 0.3) is 0 Å². The van der Waals surface area contributed by atoms with Gasteiger partial charge in [0.1, 0.15) is 16.5 Å². The molecule has 2 aromatic heterocycles. The molecule has 2 aliphatic heterocycles. The molecule has 7 heteroatoms. The van der Waals surface area contributed by atoms with E-state index in [2.05, 4.69) is 34.4 Å². The van der Waals surface area contributed by atoms with Crippen LogP contribution in [0, 0.1) is 12.8 Å². The van der Waals surface area contributed by atoms with Crippen molar-refractivity contribution in [3.8, 4) is 0 Å². The second-order valence-electron chi connectivity index (χ2n) is 7.80. The highest BCUT2D eigenvalue weighted by Crippen LogP contribution is 2.35. The lowest BCUT2D eigenvalue weighted by Crippen LogP contribution is -2.49. The summed E-state index contributed by atoms with van der Waals surface area (Å²) in [4.78, 5) is 27.1. The maximum atomic E-state index is 12.1. The summed E-state index contributed by atoms with van der Waals surface area (Å²) in [6.45, 7) is 9.90. The molecule has 26 heavy (non-hydrogen) atoms. The van der Waals surface area contributed by atoms with Crippen LogP contribution in [-0.4, -0.2) is 53.1 Å². The van der Waals surface area contributed by atoms with Crippen LogP contribution in [0.2, 0.25) is 0 Å². The summed E-state index contributed by atoms with van der Waals surface area (Å²) in [7, 11) is 0. The van der Waals surface area contributed by atoms with E-state index in [1.807, 2.05) is 11.8 Å². The number of urea groups is 1. The van der Waals surface area contributed by atoms with Crippen LogP contribution in [0.4, 0.5) is 10.6 Å². The summed E-state index contributed by atoms with van der Waals surface area (Å²) in [6, 6.07) is 0.348. The third kappa shape index (κ3) is 3.24. The van der Waals surface area contributed by atoms with E-state index in [4.69, 9.17) is 4.98 Å². The van der Waals surface area contributed by atoms with Crippen LogP contribution in [0.15, 0.2) is 5.38 Å².